The molecule has 0 spiro atoms. The minimum Gasteiger partial charge on any atom is -0.308 e. The zero-order valence-electron chi connectivity index (χ0n) is 11.8. The molecule has 1 rings (SSSR count). The van der Waals surface area contributed by atoms with Gasteiger partial charge in [-0.05, 0) is 33.6 Å². The van der Waals surface area contributed by atoms with Crippen molar-refractivity contribution >= 4 is 0 Å². The van der Waals surface area contributed by atoms with Crippen LogP contribution in [0.3, 0.4) is 0 Å². The summed E-state index contributed by atoms with van der Waals surface area (Å²) in [6, 6.07) is 0.597. The molecule has 98 valence electrons. The van der Waals surface area contributed by atoms with Crippen LogP contribution in [0.4, 0.5) is 0 Å². The highest BCUT2D eigenvalue weighted by atomic mass is 15.4. The molecule has 0 aliphatic heterocycles. The molecule has 0 aliphatic carbocycles. The van der Waals surface area contributed by atoms with Crippen LogP contribution in [0, 0.1) is 0 Å². The van der Waals surface area contributed by atoms with Crippen LogP contribution in [0.1, 0.15) is 59.6 Å². The van der Waals surface area contributed by atoms with Gasteiger partial charge in [-0.25, -0.2) is 4.68 Å². The van der Waals surface area contributed by atoms with E-state index in [9.17, 15) is 0 Å². The lowest BCUT2D eigenvalue weighted by molar-refractivity contribution is 0.346. The second-order valence-corrected chi connectivity index (χ2v) is 5.60. The molecule has 1 N–H and O–H groups in total. The summed E-state index contributed by atoms with van der Waals surface area (Å²) < 4.78 is 1.92. The third kappa shape index (κ3) is 4.46. The Hall–Kier alpha value is -0.900. The molecule has 4 nitrogen and oxygen atoms in total. The van der Waals surface area contributed by atoms with Crippen LogP contribution in [0.15, 0.2) is 6.20 Å². The number of rotatable bonds is 6. The summed E-state index contributed by atoms with van der Waals surface area (Å²) in [6.07, 6.45) is 5.65. The Bertz CT molecular complexity index is 324. The summed E-state index contributed by atoms with van der Waals surface area (Å²) in [5, 5.41) is 11.9. The van der Waals surface area contributed by atoms with Crippen molar-refractivity contribution in [3.8, 4) is 0 Å². The van der Waals surface area contributed by atoms with E-state index >= 15 is 0 Å². The standard InChI is InChI=1S/C13H26N4/c1-6-8-11(7-2)14-9-12-10-17(16-15-12)13(3,4)5/h10-11,14H,6-9H2,1-5H3. The number of nitrogens with zero attached hydrogens (tertiary/aromatic N) is 3. The van der Waals surface area contributed by atoms with Crippen LogP contribution in [-0.4, -0.2) is 21.0 Å². The van der Waals surface area contributed by atoms with Crippen molar-refractivity contribution in [1.82, 2.24) is 20.3 Å². The molecule has 1 heterocycles. The Balaban J connectivity index is 2.49. The molecule has 0 aromatic carbocycles. The smallest absolute Gasteiger partial charge is 0.0965 e. The van der Waals surface area contributed by atoms with Crippen molar-refractivity contribution in [2.75, 3.05) is 0 Å². The van der Waals surface area contributed by atoms with Gasteiger partial charge in [-0.3, -0.25) is 0 Å². The van der Waals surface area contributed by atoms with Crippen molar-refractivity contribution in [1.29, 1.82) is 0 Å². The van der Waals surface area contributed by atoms with Gasteiger partial charge in [-0.1, -0.05) is 25.5 Å². The van der Waals surface area contributed by atoms with E-state index in [2.05, 4.69) is 50.2 Å². The van der Waals surface area contributed by atoms with Crippen LogP contribution >= 0.6 is 0 Å². The molecule has 1 aromatic rings. The van der Waals surface area contributed by atoms with Gasteiger partial charge in [0, 0.05) is 12.6 Å². The van der Waals surface area contributed by atoms with Crippen LogP contribution in [0.5, 0.6) is 0 Å². The highest BCUT2D eigenvalue weighted by Crippen LogP contribution is 2.12. The van der Waals surface area contributed by atoms with E-state index in [0.717, 1.165) is 12.2 Å². The maximum Gasteiger partial charge on any atom is 0.0965 e. The Kier molecular flexibility index (Phi) is 5.12. The molecule has 0 saturated carbocycles. The number of hydrogen-bond acceptors (Lipinski definition) is 3. The third-order valence-electron chi connectivity index (χ3n) is 2.93. The topological polar surface area (TPSA) is 42.7 Å². The normalized spacial score (nSPS) is 13.9. The molecule has 0 saturated heterocycles. The molecule has 1 unspecified atom stereocenters. The fourth-order valence-corrected chi connectivity index (χ4v) is 1.76. The molecule has 0 aliphatic rings. The Labute approximate surface area is 105 Å². The Morgan fingerprint density at radius 1 is 1.35 bits per heavy atom. The quantitative estimate of drug-likeness (QED) is 0.828. The summed E-state index contributed by atoms with van der Waals surface area (Å²) in [4.78, 5) is 0. The van der Waals surface area contributed by atoms with Crippen LogP contribution in [0.2, 0.25) is 0 Å². The molecular formula is C13H26N4. The first-order chi connectivity index (χ1) is 7.97. The first-order valence-corrected chi connectivity index (χ1v) is 6.62. The third-order valence-corrected chi connectivity index (χ3v) is 2.93. The van der Waals surface area contributed by atoms with E-state index in [1.54, 1.807) is 0 Å². The number of hydrogen-bond donors (Lipinski definition) is 1. The first-order valence-electron chi connectivity index (χ1n) is 6.62. The summed E-state index contributed by atoms with van der Waals surface area (Å²) in [7, 11) is 0. The minimum atomic E-state index is 0.0127. The highest BCUT2D eigenvalue weighted by Gasteiger charge is 2.15. The van der Waals surface area contributed by atoms with E-state index < -0.39 is 0 Å². The summed E-state index contributed by atoms with van der Waals surface area (Å²) in [5.41, 5.74) is 1.04. The lowest BCUT2D eigenvalue weighted by Gasteiger charge is -2.17. The van der Waals surface area contributed by atoms with Gasteiger partial charge in [0.05, 0.1) is 17.4 Å². The largest absolute Gasteiger partial charge is 0.308 e. The first kappa shape index (κ1) is 14.2. The van der Waals surface area contributed by atoms with Gasteiger partial charge in [0.15, 0.2) is 0 Å². The van der Waals surface area contributed by atoms with E-state index in [1.165, 1.54) is 19.3 Å². The predicted molar refractivity (Wildman–Crippen MR) is 70.8 cm³/mol. The van der Waals surface area contributed by atoms with Crippen LogP contribution < -0.4 is 5.32 Å². The van der Waals surface area contributed by atoms with Gasteiger partial charge in [0.1, 0.15) is 0 Å². The fourth-order valence-electron chi connectivity index (χ4n) is 1.76. The summed E-state index contributed by atoms with van der Waals surface area (Å²) in [6.45, 7) is 11.6. The van der Waals surface area contributed by atoms with Gasteiger partial charge >= 0.3 is 0 Å². The van der Waals surface area contributed by atoms with Crippen molar-refractivity contribution in [3.05, 3.63) is 11.9 Å². The number of nitrogens with one attached hydrogen (secondary N) is 1. The zero-order valence-corrected chi connectivity index (χ0v) is 11.8. The average Bonchev–Trinajstić information content (AvgIpc) is 2.72. The molecule has 0 fully saturated rings. The lowest BCUT2D eigenvalue weighted by Crippen LogP contribution is -2.27. The maximum atomic E-state index is 4.20. The van der Waals surface area contributed by atoms with Crippen LogP contribution in [0.25, 0.3) is 0 Å². The lowest BCUT2D eigenvalue weighted by atomic mass is 10.1. The molecule has 1 atom stereocenters. The van der Waals surface area contributed by atoms with Crippen molar-refractivity contribution < 1.29 is 0 Å². The summed E-state index contributed by atoms with van der Waals surface area (Å²) >= 11 is 0. The second kappa shape index (κ2) is 6.15. The Morgan fingerprint density at radius 2 is 2.06 bits per heavy atom. The van der Waals surface area contributed by atoms with E-state index in [1.807, 2.05) is 10.9 Å². The van der Waals surface area contributed by atoms with Gasteiger partial charge in [0.25, 0.3) is 0 Å². The van der Waals surface area contributed by atoms with Crippen LogP contribution in [-0.2, 0) is 12.1 Å². The van der Waals surface area contributed by atoms with Crippen molar-refractivity contribution in [3.63, 3.8) is 0 Å². The molecule has 0 amide bonds. The highest BCUT2D eigenvalue weighted by molar-refractivity contribution is 4.94. The molecule has 1 aromatic heterocycles. The van der Waals surface area contributed by atoms with Gasteiger partial charge in [-0.15, -0.1) is 5.10 Å². The molecule has 0 radical (unpaired) electrons. The van der Waals surface area contributed by atoms with E-state index in [0.29, 0.717) is 6.04 Å². The predicted octanol–water partition coefficient (Wildman–Crippen LogP) is 2.70. The maximum absolute atomic E-state index is 4.20. The minimum absolute atomic E-state index is 0.0127. The van der Waals surface area contributed by atoms with Crippen molar-refractivity contribution in [2.45, 2.75) is 72.0 Å². The molecule has 0 bridgehead atoms. The Morgan fingerprint density at radius 3 is 2.53 bits per heavy atom. The monoisotopic (exact) mass is 238 g/mol. The average molecular weight is 238 g/mol. The summed E-state index contributed by atoms with van der Waals surface area (Å²) in [5.74, 6) is 0. The van der Waals surface area contributed by atoms with Crippen molar-refractivity contribution in [2.24, 2.45) is 0 Å². The van der Waals surface area contributed by atoms with Gasteiger partial charge in [0.2, 0.25) is 0 Å². The van der Waals surface area contributed by atoms with E-state index in [-0.39, 0.29) is 5.54 Å². The molecular weight excluding hydrogens is 212 g/mol. The molecule has 4 heteroatoms. The zero-order chi connectivity index (χ0) is 12.9. The van der Waals surface area contributed by atoms with E-state index in [4.69, 9.17) is 0 Å². The van der Waals surface area contributed by atoms with Gasteiger partial charge in [-0.2, -0.15) is 0 Å². The van der Waals surface area contributed by atoms with Gasteiger partial charge < -0.3 is 5.32 Å². The molecule has 17 heavy (non-hydrogen) atoms. The number of aromatic nitrogens is 3. The second-order valence-electron chi connectivity index (χ2n) is 5.60. The SMILES string of the molecule is CCCC(CC)NCc1cn(C(C)(C)C)nn1. The fraction of sp³-hybridized carbons (Fsp3) is 0.846.